The zero-order valence-electron chi connectivity index (χ0n) is 22.0. The second-order valence-corrected chi connectivity index (χ2v) is 10.3. The van der Waals surface area contributed by atoms with Crippen LogP contribution in [0.5, 0.6) is 11.5 Å². The van der Waals surface area contributed by atoms with Crippen molar-refractivity contribution in [2.24, 2.45) is 0 Å². The fourth-order valence-electron chi connectivity index (χ4n) is 4.24. The molecule has 1 amide bonds. The summed E-state index contributed by atoms with van der Waals surface area (Å²) in [6.07, 6.45) is 6.67. The minimum atomic E-state index is -0.515. The minimum Gasteiger partial charge on any atom is -0.456 e. The van der Waals surface area contributed by atoms with E-state index < -0.39 is 5.82 Å². The van der Waals surface area contributed by atoms with Gasteiger partial charge in [-0.1, -0.05) is 6.07 Å². The van der Waals surface area contributed by atoms with E-state index in [4.69, 9.17) is 4.74 Å². The normalized spacial score (nSPS) is 11.6. The number of aromatic nitrogens is 5. The highest BCUT2D eigenvalue weighted by molar-refractivity contribution is 5.92. The highest BCUT2D eigenvalue weighted by atomic mass is 19.1. The Kier molecular flexibility index (Phi) is 6.44. The standard InChI is InChI=1S/C29H29FN6O2/c1-17-10-20(12-28(37)34-21-14-33-36(16-21)29(3,4)5)24(30)13-27(17)38-26-8-9-31-25-7-6-19(11-22(25)26)23-15-32-35-18(23)2/h6-11,13-16H,12H2,1-5H3,(H,32,35)(H,34,37). The molecule has 0 bridgehead atoms. The van der Waals surface area contributed by atoms with E-state index in [9.17, 15) is 4.79 Å². The summed E-state index contributed by atoms with van der Waals surface area (Å²) in [7, 11) is 0. The van der Waals surface area contributed by atoms with E-state index in [0.717, 1.165) is 27.7 Å². The number of amides is 1. The first-order valence-corrected chi connectivity index (χ1v) is 12.3. The molecule has 0 aliphatic rings. The highest BCUT2D eigenvalue weighted by Crippen LogP contribution is 2.34. The molecular formula is C29H29FN6O2. The molecule has 2 N–H and O–H groups in total. The van der Waals surface area contributed by atoms with Gasteiger partial charge in [0.05, 0.1) is 35.6 Å². The number of aromatic amines is 1. The molecule has 0 atom stereocenters. The number of rotatable bonds is 6. The van der Waals surface area contributed by atoms with Crippen molar-refractivity contribution in [1.29, 1.82) is 0 Å². The van der Waals surface area contributed by atoms with Gasteiger partial charge in [0.25, 0.3) is 0 Å². The number of hydrogen-bond acceptors (Lipinski definition) is 5. The van der Waals surface area contributed by atoms with Crippen LogP contribution in [-0.4, -0.2) is 30.9 Å². The Hall–Kier alpha value is -4.53. The average Bonchev–Trinajstić information content (AvgIpc) is 3.51. The Labute approximate surface area is 219 Å². The minimum absolute atomic E-state index is 0.112. The monoisotopic (exact) mass is 512 g/mol. The lowest BCUT2D eigenvalue weighted by Crippen LogP contribution is -2.22. The van der Waals surface area contributed by atoms with Crippen molar-refractivity contribution in [3.05, 3.63) is 83.8 Å². The number of pyridine rings is 1. The molecule has 5 aromatic rings. The fraction of sp³-hybridized carbons (Fsp3) is 0.241. The van der Waals surface area contributed by atoms with Crippen molar-refractivity contribution in [2.75, 3.05) is 5.32 Å². The summed E-state index contributed by atoms with van der Waals surface area (Å²) in [5.74, 6) is 0.0872. The van der Waals surface area contributed by atoms with Gasteiger partial charge in [-0.25, -0.2) is 4.39 Å². The molecule has 2 aromatic carbocycles. The Balaban J connectivity index is 1.36. The van der Waals surface area contributed by atoms with Gasteiger partial charge >= 0.3 is 0 Å². The van der Waals surface area contributed by atoms with Crippen LogP contribution in [0.4, 0.5) is 10.1 Å². The van der Waals surface area contributed by atoms with Crippen molar-refractivity contribution in [2.45, 2.75) is 46.6 Å². The quantitative estimate of drug-likeness (QED) is 0.278. The Bertz CT molecular complexity index is 1650. The van der Waals surface area contributed by atoms with Crippen molar-refractivity contribution in [3.63, 3.8) is 0 Å². The van der Waals surface area contributed by atoms with E-state index in [2.05, 4.69) is 25.6 Å². The first-order chi connectivity index (χ1) is 18.1. The molecule has 0 saturated heterocycles. The van der Waals surface area contributed by atoms with Crippen molar-refractivity contribution >= 4 is 22.5 Å². The number of H-pyrrole nitrogens is 1. The summed E-state index contributed by atoms with van der Waals surface area (Å²) < 4.78 is 23.0. The number of halogens is 1. The maximum Gasteiger partial charge on any atom is 0.228 e. The van der Waals surface area contributed by atoms with Crippen LogP contribution < -0.4 is 10.1 Å². The van der Waals surface area contributed by atoms with Crippen LogP contribution in [0.25, 0.3) is 22.0 Å². The number of aryl methyl sites for hydroxylation is 2. The van der Waals surface area contributed by atoms with Gasteiger partial charge in [0, 0.05) is 35.1 Å². The van der Waals surface area contributed by atoms with Gasteiger partial charge in [0.1, 0.15) is 17.3 Å². The molecule has 0 unspecified atom stereocenters. The van der Waals surface area contributed by atoms with E-state index >= 15 is 4.39 Å². The van der Waals surface area contributed by atoms with Crippen LogP contribution >= 0.6 is 0 Å². The molecule has 0 saturated carbocycles. The van der Waals surface area contributed by atoms with E-state index in [0.29, 0.717) is 22.7 Å². The number of nitrogens with zero attached hydrogens (tertiary/aromatic N) is 4. The smallest absolute Gasteiger partial charge is 0.228 e. The summed E-state index contributed by atoms with van der Waals surface area (Å²) in [5, 5.41) is 14.9. The second kappa shape index (κ2) is 9.74. The summed E-state index contributed by atoms with van der Waals surface area (Å²) in [4.78, 5) is 17.1. The third-order valence-corrected chi connectivity index (χ3v) is 6.31. The summed E-state index contributed by atoms with van der Waals surface area (Å²) in [6, 6.07) is 10.6. The molecule has 38 heavy (non-hydrogen) atoms. The van der Waals surface area contributed by atoms with Crippen molar-refractivity contribution < 1.29 is 13.9 Å². The van der Waals surface area contributed by atoms with E-state index in [1.165, 1.54) is 6.07 Å². The van der Waals surface area contributed by atoms with Crippen LogP contribution in [-0.2, 0) is 16.8 Å². The number of carbonyl (C=O) groups is 1. The average molecular weight is 513 g/mol. The number of hydrogen-bond donors (Lipinski definition) is 2. The Morgan fingerprint density at radius 3 is 2.63 bits per heavy atom. The van der Waals surface area contributed by atoms with Crippen LogP contribution in [0.3, 0.4) is 0 Å². The zero-order valence-corrected chi connectivity index (χ0v) is 22.0. The predicted molar refractivity (Wildman–Crippen MR) is 145 cm³/mol. The first kappa shape index (κ1) is 25.1. The van der Waals surface area contributed by atoms with E-state index in [-0.39, 0.29) is 23.4 Å². The maximum absolute atomic E-state index is 15.1. The third kappa shape index (κ3) is 5.13. The third-order valence-electron chi connectivity index (χ3n) is 6.31. The van der Waals surface area contributed by atoms with Crippen LogP contribution in [0, 0.1) is 19.7 Å². The van der Waals surface area contributed by atoms with Gasteiger partial charge in [-0.2, -0.15) is 10.2 Å². The van der Waals surface area contributed by atoms with E-state index in [1.54, 1.807) is 41.6 Å². The Morgan fingerprint density at radius 2 is 1.92 bits per heavy atom. The molecule has 0 spiro atoms. The van der Waals surface area contributed by atoms with Crippen LogP contribution in [0.2, 0.25) is 0 Å². The Morgan fingerprint density at radius 1 is 1.11 bits per heavy atom. The number of anilines is 1. The van der Waals surface area contributed by atoms with Gasteiger partial charge in [0.2, 0.25) is 5.91 Å². The fourth-order valence-corrected chi connectivity index (χ4v) is 4.24. The molecule has 0 aliphatic heterocycles. The zero-order chi connectivity index (χ0) is 27.0. The largest absolute Gasteiger partial charge is 0.456 e. The lowest BCUT2D eigenvalue weighted by molar-refractivity contribution is -0.115. The van der Waals surface area contributed by atoms with Gasteiger partial charge < -0.3 is 10.1 Å². The molecule has 9 heteroatoms. The predicted octanol–water partition coefficient (Wildman–Crippen LogP) is 6.31. The molecule has 0 fully saturated rings. The van der Waals surface area contributed by atoms with Gasteiger partial charge in [-0.3, -0.25) is 19.6 Å². The molecular weight excluding hydrogens is 483 g/mol. The van der Waals surface area contributed by atoms with Gasteiger partial charge in [-0.15, -0.1) is 0 Å². The molecule has 3 heterocycles. The van der Waals surface area contributed by atoms with Crippen LogP contribution in [0.15, 0.2) is 61.2 Å². The number of carbonyl (C=O) groups excluding carboxylic acids is 1. The number of ether oxygens (including phenoxy) is 1. The number of benzene rings is 2. The summed E-state index contributed by atoms with van der Waals surface area (Å²) in [5.41, 5.74) is 5.02. The summed E-state index contributed by atoms with van der Waals surface area (Å²) in [6.45, 7) is 9.83. The van der Waals surface area contributed by atoms with Crippen LogP contribution in [0.1, 0.15) is 37.6 Å². The highest BCUT2D eigenvalue weighted by Gasteiger charge is 2.17. The SMILES string of the molecule is Cc1cc(CC(=O)Nc2cnn(C(C)(C)C)c2)c(F)cc1Oc1ccnc2ccc(-c3cn[nH]c3C)cc12. The van der Waals surface area contributed by atoms with E-state index in [1.807, 2.05) is 52.8 Å². The van der Waals surface area contributed by atoms with Gasteiger partial charge in [0.15, 0.2) is 0 Å². The maximum atomic E-state index is 15.1. The van der Waals surface area contributed by atoms with Gasteiger partial charge in [-0.05, 0) is 75.6 Å². The topological polar surface area (TPSA) is 97.7 Å². The molecule has 194 valence electrons. The van der Waals surface area contributed by atoms with Crippen molar-refractivity contribution in [3.8, 4) is 22.6 Å². The lowest BCUT2D eigenvalue weighted by Gasteiger charge is -2.18. The molecule has 0 radical (unpaired) electrons. The lowest BCUT2D eigenvalue weighted by atomic mass is 10.0. The molecule has 0 aliphatic carbocycles. The number of nitrogens with one attached hydrogen (secondary N) is 2. The van der Waals surface area contributed by atoms with Crippen molar-refractivity contribution in [1.82, 2.24) is 25.0 Å². The molecule has 8 nitrogen and oxygen atoms in total. The molecule has 5 rings (SSSR count). The number of fused-ring (bicyclic) bond motifs is 1. The summed E-state index contributed by atoms with van der Waals surface area (Å²) >= 11 is 0. The molecule has 3 aromatic heterocycles. The second-order valence-electron chi connectivity index (χ2n) is 10.3. The first-order valence-electron chi connectivity index (χ1n) is 12.3.